The Morgan fingerprint density at radius 3 is 2.43 bits per heavy atom. The Morgan fingerprint density at radius 2 is 1.78 bits per heavy atom. The highest BCUT2D eigenvalue weighted by Crippen LogP contribution is 2.27. The fourth-order valence-corrected chi connectivity index (χ4v) is 3.34. The summed E-state index contributed by atoms with van der Waals surface area (Å²) in [6.07, 6.45) is 0. The van der Waals surface area contributed by atoms with Crippen LogP contribution >= 0.6 is 23.2 Å². The van der Waals surface area contributed by atoms with Crippen LogP contribution in [-0.2, 0) is 20.6 Å². The van der Waals surface area contributed by atoms with Gasteiger partial charge in [-0.2, -0.15) is 0 Å². The van der Waals surface area contributed by atoms with Crippen LogP contribution in [0.1, 0.15) is 5.56 Å². The van der Waals surface area contributed by atoms with E-state index in [0.717, 1.165) is 0 Å². The SMILES string of the molecule is O=C(COc1ccc(Cl)cc1Cl)NS(=O)(=O)Cc1ccccc1. The number of carbonyl (C=O) groups is 1. The van der Waals surface area contributed by atoms with E-state index in [1.807, 2.05) is 4.72 Å². The second-order valence-corrected chi connectivity index (χ2v) is 7.20. The van der Waals surface area contributed by atoms with E-state index in [1.165, 1.54) is 12.1 Å². The molecule has 0 fully saturated rings. The van der Waals surface area contributed by atoms with Gasteiger partial charge in [-0.3, -0.25) is 4.79 Å². The van der Waals surface area contributed by atoms with Crippen LogP contribution in [0.2, 0.25) is 10.0 Å². The Bertz CT molecular complexity index is 794. The van der Waals surface area contributed by atoms with Crippen molar-refractivity contribution < 1.29 is 17.9 Å². The van der Waals surface area contributed by atoms with E-state index in [-0.39, 0.29) is 16.5 Å². The molecule has 0 spiro atoms. The molecule has 0 aliphatic heterocycles. The van der Waals surface area contributed by atoms with E-state index in [9.17, 15) is 13.2 Å². The zero-order valence-corrected chi connectivity index (χ0v) is 14.2. The third kappa shape index (κ3) is 5.74. The van der Waals surface area contributed by atoms with E-state index in [0.29, 0.717) is 10.6 Å². The number of carbonyl (C=O) groups excluding carboxylic acids is 1. The van der Waals surface area contributed by atoms with Crippen LogP contribution in [0.25, 0.3) is 0 Å². The molecule has 0 atom stereocenters. The van der Waals surface area contributed by atoms with Gasteiger partial charge in [-0.1, -0.05) is 53.5 Å². The maximum atomic E-state index is 11.9. The highest BCUT2D eigenvalue weighted by atomic mass is 35.5. The predicted octanol–water partition coefficient (Wildman–Crippen LogP) is 3.02. The van der Waals surface area contributed by atoms with Gasteiger partial charge in [0.15, 0.2) is 6.61 Å². The average molecular weight is 374 g/mol. The van der Waals surface area contributed by atoms with Gasteiger partial charge in [0.1, 0.15) is 5.75 Å². The fourth-order valence-electron chi connectivity index (χ4n) is 1.77. The first kappa shape index (κ1) is 17.6. The van der Waals surface area contributed by atoms with E-state index >= 15 is 0 Å². The van der Waals surface area contributed by atoms with E-state index < -0.39 is 22.5 Å². The molecule has 0 aliphatic carbocycles. The van der Waals surface area contributed by atoms with Gasteiger partial charge >= 0.3 is 0 Å². The number of sulfonamides is 1. The Kier molecular flexibility index (Phi) is 5.87. The number of nitrogens with one attached hydrogen (secondary N) is 1. The van der Waals surface area contributed by atoms with Crippen LogP contribution in [0.4, 0.5) is 0 Å². The van der Waals surface area contributed by atoms with Gasteiger partial charge in [0.2, 0.25) is 10.0 Å². The van der Waals surface area contributed by atoms with Crippen LogP contribution < -0.4 is 9.46 Å². The summed E-state index contributed by atoms with van der Waals surface area (Å²) in [5.41, 5.74) is 0.578. The lowest BCUT2D eigenvalue weighted by Crippen LogP contribution is -2.35. The molecule has 0 radical (unpaired) electrons. The molecule has 1 N–H and O–H groups in total. The van der Waals surface area contributed by atoms with Gasteiger partial charge in [0.25, 0.3) is 5.91 Å². The number of amides is 1. The molecule has 0 bridgehead atoms. The Labute approximate surface area is 144 Å². The quantitative estimate of drug-likeness (QED) is 0.844. The summed E-state index contributed by atoms with van der Waals surface area (Å²) in [5.74, 6) is -0.833. The standard InChI is InChI=1S/C15H13Cl2NO4S/c16-12-6-7-14(13(17)8-12)22-9-15(19)18-23(20,21)10-11-4-2-1-3-5-11/h1-8H,9-10H2,(H,18,19). The molecule has 23 heavy (non-hydrogen) atoms. The van der Waals surface area contributed by atoms with E-state index in [4.69, 9.17) is 27.9 Å². The van der Waals surface area contributed by atoms with Crippen LogP contribution in [0, 0.1) is 0 Å². The molecule has 122 valence electrons. The predicted molar refractivity (Wildman–Crippen MR) is 89.2 cm³/mol. The molecule has 5 nitrogen and oxygen atoms in total. The molecular weight excluding hydrogens is 361 g/mol. The van der Waals surface area contributed by atoms with Gasteiger partial charge in [0.05, 0.1) is 10.8 Å². The molecule has 0 aromatic heterocycles. The summed E-state index contributed by atoms with van der Waals surface area (Å²) < 4.78 is 30.9. The molecule has 0 saturated carbocycles. The fraction of sp³-hybridized carbons (Fsp3) is 0.133. The Balaban J connectivity index is 1.91. The lowest BCUT2D eigenvalue weighted by Gasteiger charge is -2.09. The number of halogens is 2. The highest BCUT2D eigenvalue weighted by molar-refractivity contribution is 7.89. The minimum absolute atomic E-state index is 0.234. The molecule has 2 aromatic rings. The molecule has 1 amide bonds. The zero-order valence-electron chi connectivity index (χ0n) is 11.8. The molecule has 0 saturated heterocycles. The van der Waals surface area contributed by atoms with Gasteiger partial charge < -0.3 is 4.74 Å². The van der Waals surface area contributed by atoms with Gasteiger partial charge in [-0.25, -0.2) is 13.1 Å². The minimum Gasteiger partial charge on any atom is -0.482 e. The van der Waals surface area contributed by atoms with Crippen molar-refractivity contribution in [3.05, 3.63) is 64.1 Å². The first-order chi connectivity index (χ1) is 10.9. The number of benzene rings is 2. The van der Waals surface area contributed by atoms with Gasteiger partial charge in [0, 0.05) is 5.02 Å². The highest BCUT2D eigenvalue weighted by Gasteiger charge is 2.16. The summed E-state index contributed by atoms with van der Waals surface area (Å²) in [6, 6.07) is 13.0. The Morgan fingerprint density at radius 1 is 1.09 bits per heavy atom. The summed E-state index contributed by atoms with van der Waals surface area (Å²) in [7, 11) is -3.79. The maximum absolute atomic E-state index is 11.9. The molecule has 2 aromatic carbocycles. The summed E-state index contributed by atoms with van der Waals surface area (Å²) in [6.45, 7) is -0.477. The number of ether oxygens (including phenoxy) is 1. The van der Waals surface area contributed by atoms with Crippen molar-refractivity contribution in [3.8, 4) is 5.75 Å². The summed E-state index contributed by atoms with van der Waals surface area (Å²) in [4.78, 5) is 11.7. The first-order valence-electron chi connectivity index (χ1n) is 6.51. The van der Waals surface area contributed by atoms with Crippen LogP contribution in [0.5, 0.6) is 5.75 Å². The van der Waals surface area contributed by atoms with Gasteiger partial charge in [-0.15, -0.1) is 0 Å². The topological polar surface area (TPSA) is 72.5 Å². The van der Waals surface area contributed by atoms with Gasteiger partial charge in [-0.05, 0) is 23.8 Å². The molecule has 0 unspecified atom stereocenters. The van der Waals surface area contributed by atoms with Crippen molar-refractivity contribution in [2.45, 2.75) is 5.75 Å². The smallest absolute Gasteiger partial charge is 0.271 e. The normalized spacial score (nSPS) is 11.0. The summed E-state index contributed by atoms with van der Waals surface area (Å²) in [5, 5.41) is 0.662. The number of hydrogen-bond donors (Lipinski definition) is 1. The molecule has 0 aliphatic rings. The Hall–Kier alpha value is -1.76. The molecule has 0 heterocycles. The zero-order chi connectivity index (χ0) is 16.9. The van der Waals surface area contributed by atoms with Crippen molar-refractivity contribution in [1.29, 1.82) is 0 Å². The number of rotatable bonds is 6. The molecular formula is C15H13Cl2NO4S. The minimum atomic E-state index is -3.79. The average Bonchev–Trinajstić information content (AvgIpc) is 2.46. The van der Waals surface area contributed by atoms with Crippen molar-refractivity contribution in [1.82, 2.24) is 4.72 Å². The lowest BCUT2D eigenvalue weighted by atomic mass is 10.2. The van der Waals surface area contributed by atoms with Crippen molar-refractivity contribution in [2.75, 3.05) is 6.61 Å². The second kappa shape index (κ2) is 7.68. The monoisotopic (exact) mass is 373 g/mol. The third-order valence-corrected chi connectivity index (χ3v) is 4.50. The third-order valence-electron chi connectivity index (χ3n) is 2.72. The van der Waals surface area contributed by atoms with Crippen LogP contribution in [0.3, 0.4) is 0 Å². The lowest BCUT2D eigenvalue weighted by molar-refractivity contribution is -0.121. The number of hydrogen-bond acceptors (Lipinski definition) is 4. The summed E-state index contributed by atoms with van der Waals surface area (Å²) >= 11 is 11.6. The van der Waals surface area contributed by atoms with Crippen molar-refractivity contribution in [2.24, 2.45) is 0 Å². The largest absolute Gasteiger partial charge is 0.482 e. The van der Waals surface area contributed by atoms with Crippen LogP contribution in [-0.4, -0.2) is 20.9 Å². The maximum Gasteiger partial charge on any atom is 0.271 e. The van der Waals surface area contributed by atoms with Crippen molar-refractivity contribution in [3.63, 3.8) is 0 Å². The second-order valence-electron chi connectivity index (χ2n) is 4.63. The first-order valence-corrected chi connectivity index (χ1v) is 8.92. The molecule has 8 heteroatoms. The van der Waals surface area contributed by atoms with Crippen LogP contribution in [0.15, 0.2) is 48.5 Å². The van der Waals surface area contributed by atoms with Crippen molar-refractivity contribution >= 4 is 39.1 Å². The van der Waals surface area contributed by atoms with E-state index in [1.54, 1.807) is 36.4 Å². The molecule has 2 rings (SSSR count). The van der Waals surface area contributed by atoms with E-state index in [2.05, 4.69) is 0 Å².